The monoisotopic (exact) mass is 196 g/mol. The number of carbonyl (C=O) groups is 1. The van der Waals surface area contributed by atoms with E-state index in [4.69, 9.17) is 0 Å². The lowest BCUT2D eigenvalue weighted by atomic mass is 10.1. The molecule has 0 saturated heterocycles. The van der Waals surface area contributed by atoms with Gasteiger partial charge >= 0.3 is 12.3 Å². The molecule has 0 radical (unpaired) electrons. The fourth-order valence-corrected chi connectivity index (χ4v) is 1.19. The Bertz CT molecular complexity index is 245. The fourth-order valence-electron chi connectivity index (χ4n) is 1.19. The summed E-state index contributed by atoms with van der Waals surface area (Å²) in [4.78, 5) is 10.8. The van der Waals surface area contributed by atoms with E-state index in [2.05, 4.69) is 0 Å². The standard InChI is InChI=1S/C8H8F4O/c9-7(10)8(11,12)6(13)5-3-1-2-4-5/h3,7H,1-2,4H2. The summed E-state index contributed by atoms with van der Waals surface area (Å²) >= 11 is 0. The van der Waals surface area contributed by atoms with Gasteiger partial charge in [0.05, 0.1) is 0 Å². The highest BCUT2D eigenvalue weighted by Crippen LogP contribution is 2.30. The first-order chi connectivity index (χ1) is 5.96. The molecule has 0 spiro atoms. The maximum absolute atomic E-state index is 12.5. The Labute approximate surface area is 72.4 Å². The van der Waals surface area contributed by atoms with Crippen molar-refractivity contribution in [3.63, 3.8) is 0 Å². The van der Waals surface area contributed by atoms with Crippen molar-refractivity contribution in [2.45, 2.75) is 31.6 Å². The lowest BCUT2D eigenvalue weighted by molar-refractivity contribution is -0.162. The summed E-state index contributed by atoms with van der Waals surface area (Å²) in [5.74, 6) is -6.24. The van der Waals surface area contributed by atoms with E-state index in [9.17, 15) is 22.4 Å². The molecule has 1 aliphatic carbocycles. The molecular formula is C8H8F4O. The normalized spacial score (nSPS) is 17.8. The zero-order valence-electron chi connectivity index (χ0n) is 6.70. The molecular weight excluding hydrogens is 188 g/mol. The third-order valence-corrected chi connectivity index (χ3v) is 1.91. The molecule has 1 rings (SSSR count). The quantitative estimate of drug-likeness (QED) is 0.634. The highest BCUT2D eigenvalue weighted by Gasteiger charge is 2.49. The average molecular weight is 196 g/mol. The van der Waals surface area contributed by atoms with Crippen LogP contribution < -0.4 is 0 Å². The van der Waals surface area contributed by atoms with Crippen LogP contribution in [0.2, 0.25) is 0 Å². The fraction of sp³-hybridized carbons (Fsp3) is 0.625. The Morgan fingerprint density at radius 2 is 2.08 bits per heavy atom. The van der Waals surface area contributed by atoms with Crippen LogP contribution in [0.25, 0.3) is 0 Å². The summed E-state index contributed by atoms with van der Waals surface area (Å²) in [6.45, 7) is 0. The zero-order chi connectivity index (χ0) is 10.1. The van der Waals surface area contributed by atoms with Gasteiger partial charge in [0, 0.05) is 0 Å². The smallest absolute Gasteiger partial charge is 0.287 e. The summed E-state index contributed by atoms with van der Waals surface area (Å²) in [5.41, 5.74) is -0.162. The van der Waals surface area contributed by atoms with Crippen LogP contribution >= 0.6 is 0 Å². The van der Waals surface area contributed by atoms with Gasteiger partial charge in [0.25, 0.3) is 0 Å². The van der Waals surface area contributed by atoms with Gasteiger partial charge in [-0.3, -0.25) is 4.79 Å². The van der Waals surface area contributed by atoms with Crippen molar-refractivity contribution in [1.82, 2.24) is 0 Å². The molecule has 5 heteroatoms. The Balaban J connectivity index is 2.77. The highest BCUT2D eigenvalue weighted by atomic mass is 19.3. The number of rotatable bonds is 3. The van der Waals surface area contributed by atoms with Crippen LogP contribution in [0.15, 0.2) is 11.6 Å². The molecule has 0 amide bonds. The van der Waals surface area contributed by atoms with E-state index in [0.717, 1.165) is 0 Å². The summed E-state index contributed by atoms with van der Waals surface area (Å²) in [5, 5.41) is 0. The van der Waals surface area contributed by atoms with Crippen LogP contribution in [0.1, 0.15) is 19.3 Å². The van der Waals surface area contributed by atoms with Crippen molar-refractivity contribution >= 4 is 5.78 Å². The van der Waals surface area contributed by atoms with Crippen LogP contribution in [0, 0.1) is 0 Å². The van der Waals surface area contributed by atoms with Crippen molar-refractivity contribution < 1.29 is 22.4 Å². The average Bonchev–Trinajstić information content (AvgIpc) is 2.54. The molecule has 0 unspecified atom stereocenters. The molecule has 0 saturated carbocycles. The first-order valence-corrected chi connectivity index (χ1v) is 3.86. The Hall–Kier alpha value is -0.870. The van der Waals surface area contributed by atoms with Crippen LogP contribution in [0.3, 0.4) is 0 Å². The van der Waals surface area contributed by atoms with Crippen LogP contribution in [0.5, 0.6) is 0 Å². The molecule has 0 heterocycles. The first-order valence-electron chi connectivity index (χ1n) is 3.86. The molecule has 0 aromatic heterocycles. The topological polar surface area (TPSA) is 17.1 Å². The van der Waals surface area contributed by atoms with Gasteiger partial charge in [0.2, 0.25) is 5.78 Å². The summed E-state index contributed by atoms with van der Waals surface area (Å²) in [7, 11) is 0. The van der Waals surface area contributed by atoms with E-state index in [-0.39, 0.29) is 12.0 Å². The van der Waals surface area contributed by atoms with E-state index >= 15 is 0 Å². The molecule has 1 aliphatic rings. The maximum atomic E-state index is 12.5. The largest absolute Gasteiger partial charge is 0.368 e. The molecule has 0 aromatic rings. The van der Waals surface area contributed by atoms with E-state index in [1.165, 1.54) is 6.08 Å². The zero-order valence-corrected chi connectivity index (χ0v) is 6.70. The number of hydrogen-bond donors (Lipinski definition) is 0. The molecule has 0 fully saturated rings. The number of hydrogen-bond acceptors (Lipinski definition) is 1. The second-order valence-electron chi connectivity index (χ2n) is 2.87. The lowest BCUT2D eigenvalue weighted by Gasteiger charge is -2.13. The lowest BCUT2D eigenvalue weighted by Crippen LogP contribution is -2.37. The maximum Gasteiger partial charge on any atom is 0.368 e. The van der Waals surface area contributed by atoms with Crippen LogP contribution in [-0.4, -0.2) is 18.1 Å². The van der Waals surface area contributed by atoms with Crippen molar-refractivity contribution in [1.29, 1.82) is 0 Å². The van der Waals surface area contributed by atoms with Crippen molar-refractivity contribution in [3.8, 4) is 0 Å². The molecule has 0 atom stereocenters. The minimum absolute atomic E-state index is 0.162. The number of ketones is 1. The Morgan fingerprint density at radius 3 is 2.46 bits per heavy atom. The summed E-state index contributed by atoms with van der Waals surface area (Å²) in [6, 6.07) is 0. The number of Topliss-reactive ketones (excluding diaryl/α,β-unsaturated/α-hetero) is 1. The number of halogens is 4. The second kappa shape index (κ2) is 3.47. The SMILES string of the molecule is O=C(C1=CCCC1)C(F)(F)C(F)F. The van der Waals surface area contributed by atoms with Gasteiger partial charge in [-0.25, -0.2) is 8.78 Å². The predicted molar refractivity (Wildman–Crippen MR) is 37.9 cm³/mol. The number of allylic oxidation sites excluding steroid dienone is 2. The summed E-state index contributed by atoms with van der Waals surface area (Å²) in [6.07, 6.45) is -1.33. The van der Waals surface area contributed by atoms with Gasteiger partial charge in [-0.2, -0.15) is 8.78 Å². The number of alkyl halides is 4. The van der Waals surface area contributed by atoms with Gasteiger partial charge < -0.3 is 0 Å². The van der Waals surface area contributed by atoms with Gasteiger partial charge in [-0.1, -0.05) is 6.08 Å². The Morgan fingerprint density at radius 1 is 1.46 bits per heavy atom. The summed E-state index contributed by atoms with van der Waals surface area (Å²) < 4.78 is 48.3. The van der Waals surface area contributed by atoms with E-state index in [0.29, 0.717) is 12.8 Å². The van der Waals surface area contributed by atoms with Crippen molar-refractivity contribution in [2.24, 2.45) is 0 Å². The first kappa shape index (κ1) is 10.2. The van der Waals surface area contributed by atoms with E-state index in [1.807, 2.05) is 0 Å². The highest BCUT2D eigenvalue weighted by molar-refractivity contribution is 6.01. The molecule has 74 valence electrons. The molecule has 0 N–H and O–H groups in total. The molecule has 13 heavy (non-hydrogen) atoms. The molecule has 0 aromatic carbocycles. The molecule has 0 aliphatic heterocycles. The van der Waals surface area contributed by atoms with Crippen LogP contribution in [0.4, 0.5) is 17.6 Å². The van der Waals surface area contributed by atoms with Gasteiger partial charge in [-0.05, 0) is 24.8 Å². The third-order valence-electron chi connectivity index (χ3n) is 1.91. The van der Waals surface area contributed by atoms with Gasteiger partial charge in [-0.15, -0.1) is 0 Å². The molecule has 0 bridgehead atoms. The third kappa shape index (κ3) is 1.89. The van der Waals surface area contributed by atoms with Gasteiger partial charge in [0.1, 0.15) is 0 Å². The predicted octanol–water partition coefficient (Wildman–Crippen LogP) is 2.57. The van der Waals surface area contributed by atoms with Crippen molar-refractivity contribution in [3.05, 3.63) is 11.6 Å². The minimum atomic E-state index is -4.52. The van der Waals surface area contributed by atoms with Gasteiger partial charge in [0.15, 0.2) is 0 Å². The van der Waals surface area contributed by atoms with Crippen molar-refractivity contribution in [2.75, 3.05) is 0 Å². The minimum Gasteiger partial charge on any atom is -0.287 e. The van der Waals surface area contributed by atoms with E-state index in [1.54, 1.807) is 0 Å². The Kier molecular flexibility index (Phi) is 2.73. The van der Waals surface area contributed by atoms with Crippen LogP contribution in [-0.2, 0) is 4.79 Å². The number of carbonyl (C=O) groups excluding carboxylic acids is 1. The molecule has 1 nitrogen and oxygen atoms in total. The van der Waals surface area contributed by atoms with E-state index < -0.39 is 18.1 Å². The second-order valence-corrected chi connectivity index (χ2v) is 2.87.